The van der Waals surface area contributed by atoms with Gasteiger partial charge in [-0.2, -0.15) is 11.3 Å². The molecule has 4 rings (SSSR count). The fourth-order valence-corrected chi connectivity index (χ4v) is 5.33. The van der Waals surface area contributed by atoms with Gasteiger partial charge in [-0.05, 0) is 55.5 Å². The van der Waals surface area contributed by atoms with E-state index in [-0.39, 0.29) is 17.6 Å². The van der Waals surface area contributed by atoms with Crippen LogP contribution in [0.4, 0.5) is 0 Å². The van der Waals surface area contributed by atoms with Crippen molar-refractivity contribution in [2.45, 2.75) is 19.8 Å². The molecular formula is C22H22N2O3S2. The highest BCUT2D eigenvalue weighted by atomic mass is 32.1. The van der Waals surface area contributed by atoms with Gasteiger partial charge in [-0.3, -0.25) is 9.59 Å². The number of benzene rings is 1. The van der Waals surface area contributed by atoms with Crippen LogP contribution in [0.25, 0.3) is 10.6 Å². The third kappa shape index (κ3) is 4.11. The highest BCUT2D eigenvalue weighted by Gasteiger charge is 2.30. The molecule has 0 aliphatic carbocycles. The maximum absolute atomic E-state index is 13.0. The second-order valence-electron chi connectivity index (χ2n) is 7.10. The lowest BCUT2D eigenvalue weighted by Gasteiger charge is -2.31. The molecule has 0 unspecified atom stereocenters. The molecule has 1 fully saturated rings. The van der Waals surface area contributed by atoms with Gasteiger partial charge in [0.05, 0.1) is 12.8 Å². The van der Waals surface area contributed by atoms with Crippen LogP contribution in [0.5, 0.6) is 5.75 Å². The minimum absolute atomic E-state index is 0.0248. The summed E-state index contributed by atoms with van der Waals surface area (Å²) in [7, 11) is 1.61. The Morgan fingerprint density at radius 2 is 1.86 bits per heavy atom. The number of Topliss-reactive ketones (excluding diaryl/α,β-unsaturated/α-hetero) is 1. The number of aromatic nitrogens is 1. The molecule has 7 heteroatoms. The van der Waals surface area contributed by atoms with E-state index in [1.165, 1.54) is 11.3 Å². The van der Waals surface area contributed by atoms with Crippen LogP contribution in [0.1, 0.15) is 38.6 Å². The number of hydrogen-bond donors (Lipinski definition) is 0. The van der Waals surface area contributed by atoms with Gasteiger partial charge in [0.1, 0.15) is 15.6 Å². The Kier molecular flexibility index (Phi) is 5.78. The fraction of sp³-hybridized carbons (Fsp3) is 0.318. The number of methoxy groups -OCH3 is 1. The van der Waals surface area contributed by atoms with Crippen molar-refractivity contribution in [3.05, 3.63) is 57.2 Å². The average Bonchev–Trinajstić information content (AvgIpc) is 3.43. The number of ketones is 1. The molecule has 29 heavy (non-hydrogen) atoms. The lowest BCUT2D eigenvalue weighted by molar-refractivity contribution is 0.0653. The second-order valence-corrected chi connectivity index (χ2v) is 8.88. The zero-order valence-electron chi connectivity index (χ0n) is 16.4. The topological polar surface area (TPSA) is 59.5 Å². The van der Waals surface area contributed by atoms with Gasteiger partial charge in [0, 0.05) is 35.5 Å². The third-order valence-electron chi connectivity index (χ3n) is 5.29. The van der Waals surface area contributed by atoms with Crippen LogP contribution in [0.15, 0.2) is 41.1 Å². The number of thiazole rings is 1. The molecule has 1 amide bonds. The van der Waals surface area contributed by atoms with Crippen molar-refractivity contribution in [2.75, 3.05) is 20.2 Å². The first-order chi connectivity index (χ1) is 14.1. The van der Waals surface area contributed by atoms with Crippen LogP contribution in [0, 0.1) is 12.8 Å². The molecule has 0 saturated carbocycles. The van der Waals surface area contributed by atoms with Gasteiger partial charge < -0.3 is 9.64 Å². The van der Waals surface area contributed by atoms with Crippen molar-refractivity contribution in [3.8, 4) is 16.3 Å². The van der Waals surface area contributed by atoms with Crippen LogP contribution in [0.2, 0.25) is 0 Å². The van der Waals surface area contributed by atoms with Gasteiger partial charge in [0.15, 0.2) is 5.78 Å². The van der Waals surface area contributed by atoms with E-state index in [0.717, 1.165) is 22.0 Å². The van der Waals surface area contributed by atoms with E-state index in [0.29, 0.717) is 36.4 Å². The second kappa shape index (κ2) is 8.47. The first-order valence-electron chi connectivity index (χ1n) is 9.54. The molecule has 1 saturated heterocycles. The Hall–Kier alpha value is -2.51. The maximum atomic E-state index is 13.0. The first kappa shape index (κ1) is 19.8. The summed E-state index contributed by atoms with van der Waals surface area (Å²) < 4.78 is 5.15. The van der Waals surface area contributed by atoms with Crippen molar-refractivity contribution in [2.24, 2.45) is 5.92 Å². The van der Waals surface area contributed by atoms with Crippen molar-refractivity contribution in [1.82, 2.24) is 9.88 Å². The lowest BCUT2D eigenvalue weighted by Crippen LogP contribution is -2.40. The molecule has 2 aromatic heterocycles. The van der Waals surface area contributed by atoms with Gasteiger partial charge in [-0.15, -0.1) is 11.3 Å². The highest BCUT2D eigenvalue weighted by molar-refractivity contribution is 7.17. The van der Waals surface area contributed by atoms with E-state index in [4.69, 9.17) is 4.74 Å². The smallest absolute Gasteiger partial charge is 0.265 e. The Balaban J connectivity index is 1.40. The summed E-state index contributed by atoms with van der Waals surface area (Å²) >= 11 is 3.07. The van der Waals surface area contributed by atoms with E-state index >= 15 is 0 Å². The predicted molar refractivity (Wildman–Crippen MR) is 116 cm³/mol. The van der Waals surface area contributed by atoms with Gasteiger partial charge >= 0.3 is 0 Å². The molecule has 1 aliphatic heterocycles. The first-order valence-corrected chi connectivity index (χ1v) is 11.3. The van der Waals surface area contributed by atoms with Crippen LogP contribution < -0.4 is 4.74 Å². The zero-order valence-corrected chi connectivity index (χ0v) is 18.0. The summed E-state index contributed by atoms with van der Waals surface area (Å²) in [6.07, 6.45) is 1.37. The molecule has 0 radical (unpaired) electrons. The predicted octanol–water partition coefficient (Wildman–Crippen LogP) is 4.92. The Bertz CT molecular complexity index is 1000. The quantitative estimate of drug-likeness (QED) is 0.543. The summed E-state index contributed by atoms with van der Waals surface area (Å²) in [5, 5.41) is 4.94. The third-order valence-corrected chi connectivity index (χ3v) is 7.16. The number of amides is 1. The number of aryl methyl sites for hydroxylation is 1. The normalized spacial score (nSPS) is 14.8. The molecule has 1 aliphatic rings. The van der Waals surface area contributed by atoms with Crippen LogP contribution in [-0.4, -0.2) is 41.8 Å². The number of piperidine rings is 1. The van der Waals surface area contributed by atoms with Crippen LogP contribution >= 0.6 is 22.7 Å². The molecule has 3 aromatic rings. The van der Waals surface area contributed by atoms with Gasteiger partial charge in [0.25, 0.3) is 5.91 Å². The number of thiophene rings is 1. The monoisotopic (exact) mass is 426 g/mol. The van der Waals surface area contributed by atoms with E-state index < -0.39 is 0 Å². The number of rotatable bonds is 5. The Morgan fingerprint density at radius 3 is 2.48 bits per heavy atom. The molecule has 0 N–H and O–H groups in total. The molecule has 0 atom stereocenters. The average molecular weight is 427 g/mol. The van der Waals surface area contributed by atoms with E-state index in [1.54, 1.807) is 18.4 Å². The van der Waals surface area contributed by atoms with Crippen LogP contribution in [-0.2, 0) is 0 Å². The molecule has 5 nitrogen and oxygen atoms in total. The van der Waals surface area contributed by atoms with Crippen molar-refractivity contribution in [3.63, 3.8) is 0 Å². The molecule has 150 valence electrons. The van der Waals surface area contributed by atoms with Gasteiger partial charge in [-0.1, -0.05) is 0 Å². The molecular weight excluding hydrogens is 404 g/mol. The number of likely N-dealkylation sites (tertiary alicyclic amines) is 1. The number of hydrogen-bond acceptors (Lipinski definition) is 6. The molecule has 3 heterocycles. The van der Waals surface area contributed by atoms with Crippen molar-refractivity contribution >= 4 is 34.4 Å². The lowest BCUT2D eigenvalue weighted by atomic mass is 9.89. The van der Waals surface area contributed by atoms with Crippen LogP contribution in [0.3, 0.4) is 0 Å². The van der Waals surface area contributed by atoms with E-state index in [9.17, 15) is 9.59 Å². The zero-order chi connectivity index (χ0) is 20.4. The summed E-state index contributed by atoms with van der Waals surface area (Å²) in [6.45, 7) is 3.08. The Labute approximate surface area is 178 Å². The van der Waals surface area contributed by atoms with Gasteiger partial charge in [0.2, 0.25) is 0 Å². The summed E-state index contributed by atoms with van der Waals surface area (Å²) in [6, 6.07) is 9.26. The summed E-state index contributed by atoms with van der Waals surface area (Å²) in [5.41, 5.74) is 2.54. The summed E-state index contributed by atoms with van der Waals surface area (Å²) in [4.78, 5) is 32.9. The highest BCUT2D eigenvalue weighted by Crippen LogP contribution is 2.31. The van der Waals surface area contributed by atoms with E-state index in [2.05, 4.69) is 4.98 Å². The Morgan fingerprint density at radius 1 is 1.14 bits per heavy atom. The SMILES string of the molecule is COc1ccc(C(=O)C2CCN(C(=O)c3sc(-c4ccsc4)nc3C)CC2)cc1. The fourth-order valence-electron chi connectivity index (χ4n) is 3.58. The molecule has 0 bridgehead atoms. The van der Waals surface area contributed by atoms with Crippen molar-refractivity contribution in [1.29, 1.82) is 0 Å². The van der Waals surface area contributed by atoms with Gasteiger partial charge in [-0.25, -0.2) is 4.98 Å². The molecule has 0 spiro atoms. The minimum atomic E-state index is -0.0450. The number of ether oxygens (including phenoxy) is 1. The summed E-state index contributed by atoms with van der Waals surface area (Å²) in [5.74, 6) is 0.866. The standard InChI is InChI=1S/C22H22N2O3S2/c1-14-20(29-21(23-14)17-9-12-28-13-17)22(26)24-10-7-16(8-11-24)19(25)15-3-5-18(27-2)6-4-15/h3-6,9,12-13,16H,7-8,10-11H2,1-2H3. The maximum Gasteiger partial charge on any atom is 0.265 e. The molecule has 1 aromatic carbocycles. The number of carbonyl (C=O) groups excluding carboxylic acids is 2. The largest absolute Gasteiger partial charge is 0.497 e. The minimum Gasteiger partial charge on any atom is -0.497 e. The van der Waals surface area contributed by atoms with E-state index in [1.807, 2.05) is 52.9 Å². The van der Waals surface area contributed by atoms with Crippen molar-refractivity contribution < 1.29 is 14.3 Å². The number of carbonyl (C=O) groups is 2. The number of nitrogens with zero attached hydrogens (tertiary/aromatic N) is 2.